The summed E-state index contributed by atoms with van der Waals surface area (Å²) in [4.78, 5) is 33.9. The van der Waals surface area contributed by atoms with E-state index in [1.165, 1.54) is 6.20 Å². The lowest BCUT2D eigenvalue weighted by atomic mass is 10.00. The molecule has 4 rings (SSSR count). The van der Waals surface area contributed by atoms with Crippen LogP contribution < -0.4 is 5.56 Å². The Morgan fingerprint density at radius 2 is 2.00 bits per heavy atom. The van der Waals surface area contributed by atoms with Gasteiger partial charge in [-0.1, -0.05) is 24.3 Å². The normalized spacial score (nSPS) is 10.8. The lowest BCUT2D eigenvalue weighted by Crippen LogP contribution is -2.08. The van der Waals surface area contributed by atoms with Crippen molar-refractivity contribution in [3.63, 3.8) is 0 Å². The largest absolute Gasteiger partial charge is 0.462 e. The highest BCUT2D eigenvalue weighted by Gasteiger charge is 2.18. The number of hydrogen-bond donors (Lipinski definition) is 2. The predicted molar refractivity (Wildman–Crippen MR) is 104 cm³/mol. The zero-order valence-corrected chi connectivity index (χ0v) is 14.5. The monoisotopic (exact) mass is 357 g/mol. The molecule has 0 spiro atoms. The van der Waals surface area contributed by atoms with E-state index in [0.29, 0.717) is 27.7 Å². The van der Waals surface area contributed by atoms with E-state index in [-0.39, 0.29) is 12.2 Å². The molecule has 0 aliphatic carbocycles. The Balaban J connectivity index is 2.02. The number of hydrogen-bond acceptors (Lipinski definition) is 3. The summed E-state index contributed by atoms with van der Waals surface area (Å²) in [7, 11) is 0. The number of carbonyl (C=O) groups is 1. The molecule has 132 valence electrons. The van der Waals surface area contributed by atoms with Crippen molar-refractivity contribution in [1.29, 1.82) is 0 Å². The van der Waals surface area contributed by atoms with Gasteiger partial charge < -0.3 is 14.7 Å². The van der Waals surface area contributed by atoms with Crippen LogP contribution in [-0.4, -0.2) is 22.5 Å². The number of carbonyl (C=O) groups excluding carboxylic acids is 1. The van der Waals surface area contributed by atoms with Gasteiger partial charge in [-0.3, -0.25) is 4.79 Å². The molecular formula is C21H15N3O3. The highest BCUT2D eigenvalue weighted by atomic mass is 16.5. The number of rotatable bonds is 3. The number of aromatic nitrogens is 2. The number of fused-ring (bicyclic) bond motifs is 3. The maximum Gasteiger partial charge on any atom is 0.340 e. The Kier molecular flexibility index (Phi) is 3.98. The fraction of sp³-hybridized carbons (Fsp3) is 0.0952. The summed E-state index contributed by atoms with van der Waals surface area (Å²) >= 11 is 0. The lowest BCUT2D eigenvalue weighted by Gasteiger charge is -2.07. The van der Waals surface area contributed by atoms with Crippen LogP contribution in [0.3, 0.4) is 0 Å². The molecule has 0 amide bonds. The minimum atomic E-state index is -0.476. The fourth-order valence-corrected chi connectivity index (χ4v) is 3.23. The first-order chi connectivity index (χ1) is 13.1. The third-order valence-electron chi connectivity index (χ3n) is 4.45. The molecule has 0 saturated carbocycles. The quantitative estimate of drug-likeness (QED) is 0.421. The van der Waals surface area contributed by atoms with Crippen LogP contribution in [0.1, 0.15) is 17.3 Å². The third-order valence-corrected chi connectivity index (χ3v) is 4.45. The maximum atomic E-state index is 12.4. The Hall–Kier alpha value is -3.85. The minimum Gasteiger partial charge on any atom is -0.462 e. The van der Waals surface area contributed by atoms with E-state index in [1.54, 1.807) is 25.1 Å². The summed E-state index contributed by atoms with van der Waals surface area (Å²) in [6.45, 7) is 9.18. The van der Waals surface area contributed by atoms with Crippen molar-refractivity contribution >= 4 is 33.5 Å². The van der Waals surface area contributed by atoms with Gasteiger partial charge in [0.1, 0.15) is 5.52 Å². The van der Waals surface area contributed by atoms with Crippen molar-refractivity contribution < 1.29 is 9.53 Å². The van der Waals surface area contributed by atoms with Crippen LogP contribution in [0.4, 0.5) is 5.69 Å². The Labute approximate surface area is 154 Å². The molecule has 0 fully saturated rings. The van der Waals surface area contributed by atoms with Crippen molar-refractivity contribution in [1.82, 2.24) is 9.97 Å². The lowest BCUT2D eigenvalue weighted by molar-refractivity contribution is 0.0529. The van der Waals surface area contributed by atoms with E-state index in [9.17, 15) is 9.59 Å². The van der Waals surface area contributed by atoms with Gasteiger partial charge in [0.2, 0.25) is 0 Å². The first-order valence-corrected chi connectivity index (χ1v) is 8.44. The molecule has 0 saturated heterocycles. The van der Waals surface area contributed by atoms with Crippen molar-refractivity contribution in [3.05, 3.63) is 76.0 Å². The molecule has 6 nitrogen and oxygen atoms in total. The Morgan fingerprint density at radius 1 is 1.19 bits per heavy atom. The standard InChI is InChI=1S/C21H15N3O3/c1-3-27-21(26)16-11-23-19-18(16)15-10-13(7-8-17(15)24-20(19)25)12-5-4-6-14(9-12)22-2/h4-11,23H,3H2,1H3,(H,24,25). The molecule has 0 aliphatic rings. The smallest absolute Gasteiger partial charge is 0.340 e. The van der Waals surface area contributed by atoms with Crippen molar-refractivity contribution in [2.75, 3.05) is 6.61 Å². The van der Waals surface area contributed by atoms with Crippen LogP contribution in [-0.2, 0) is 4.74 Å². The van der Waals surface area contributed by atoms with E-state index < -0.39 is 5.97 Å². The van der Waals surface area contributed by atoms with Crippen molar-refractivity contribution in [3.8, 4) is 11.1 Å². The fourth-order valence-electron chi connectivity index (χ4n) is 3.23. The van der Waals surface area contributed by atoms with Gasteiger partial charge in [-0.2, -0.15) is 0 Å². The average Bonchev–Trinajstić information content (AvgIpc) is 3.14. The molecule has 27 heavy (non-hydrogen) atoms. The van der Waals surface area contributed by atoms with E-state index in [1.807, 2.05) is 24.3 Å². The molecule has 0 aliphatic heterocycles. The first-order valence-electron chi connectivity index (χ1n) is 8.44. The van der Waals surface area contributed by atoms with Gasteiger partial charge in [0.15, 0.2) is 5.69 Å². The van der Waals surface area contributed by atoms with E-state index in [2.05, 4.69) is 14.8 Å². The molecule has 6 heteroatoms. The summed E-state index contributed by atoms with van der Waals surface area (Å²) in [5.74, 6) is -0.476. The second-order valence-corrected chi connectivity index (χ2v) is 6.05. The third kappa shape index (κ3) is 2.75. The van der Waals surface area contributed by atoms with E-state index in [0.717, 1.165) is 16.5 Å². The number of esters is 1. The molecule has 2 aromatic carbocycles. The number of aromatic amines is 2. The topological polar surface area (TPSA) is 79.3 Å². The molecule has 0 unspecified atom stereocenters. The molecule has 0 radical (unpaired) electrons. The van der Waals surface area contributed by atoms with Crippen LogP contribution >= 0.6 is 0 Å². The van der Waals surface area contributed by atoms with Gasteiger partial charge in [0.05, 0.1) is 18.7 Å². The molecule has 0 atom stereocenters. The Morgan fingerprint density at radius 3 is 2.78 bits per heavy atom. The molecule has 2 heterocycles. The SMILES string of the molecule is [C-]#[N+]c1cccc(-c2ccc3[nH]c(=O)c4[nH]cc(C(=O)OCC)c4c3c2)c1. The van der Waals surface area contributed by atoms with Gasteiger partial charge in [0, 0.05) is 22.5 Å². The zero-order valence-electron chi connectivity index (χ0n) is 14.5. The van der Waals surface area contributed by atoms with Crippen LogP contribution in [0.15, 0.2) is 53.5 Å². The number of benzene rings is 2. The highest BCUT2D eigenvalue weighted by molar-refractivity contribution is 6.15. The Bertz CT molecular complexity index is 1290. The second-order valence-electron chi connectivity index (χ2n) is 6.05. The second kappa shape index (κ2) is 6.46. The number of nitrogens with zero attached hydrogens (tertiary/aromatic N) is 1. The van der Waals surface area contributed by atoms with Gasteiger partial charge in [-0.05, 0) is 36.2 Å². The van der Waals surface area contributed by atoms with Gasteiger partial charge >= 0.3 is 5.97 Å². The summed E-state index contributed by atoms with van der Waals surface area (Å²) in [6.07, 6.45) is 1.50. The van der Waals surface area contributed by atoms with Crippen LogP contribution in [0.25, 0.3) is 37.8 Å². The van der Waals surface area contributed by atoms with Crippen molar-refractivity contribution in [2.24, 2.45) is 0 Å². The zero-order chi connectivity index (χ0) is 19.0. The summed E-state index contributed by atoms with van der Waals surface area (Å²) in [5, 5.41) is 1.27. The summed E-state index contributed by atoms with van der Waals surface area (Å²) in [6, 6.07) is 12.9. The molecule has 4 aromatic rings. The summed E-state index contributed by atoms with van der Waals surface area (Å²) in [5.41, 5.74) is 3.31. The van der Waals surface area contributed by atoms with Gasteiger partial charge in [-0.25, -0.2) is 9.64 Å². The minimum absolute atomic E-state index is 0.251. The number of pyridine rings is 1. The van der Waals surface area contributed by atoms with Crippen LogP contribution in [0.5, 0.6) is 0 Å². The molecule has 2 aromatic heterocycles. The van der Waals surface area contributed by atoms with E-state index >= 15 is 0 Å². The van der Waals surface area contributed by atoms with Gasteiger partial charge in [0.25, 0.3) is 5.56 Å². The summed E-state index contributed by atoms with van der Waals surface area (Å²) < 4.78 is 5.12. The number of ether oxygens (including phenoxy) is 1. The molecule has 2 N–H and O–H groups in total. The molecular weight excluding hydrogens is 342 g/mol. The maximum absolute atomic E-state index is 12.4. The molecule has 0 bridgehead atoms. The van der Waals surface area contributed by atoms with Crippen LogP contribution in [0, 0.1) is 6.57 Å². The van der Waals surface area contributed by atoms with Gasteiger partial charge in [-0.15, -0.1) is 0 Å². The highest BCUT2D eigenvalue weighted by Crippen LogP contribution is 2.31. The predicted octanol–water partition coefficient (Wildman–Crippen LogP) is 4.40. The van der Waals surface area contributed by atoms with Crippen molar-refractivity contribution in [2.45, 2.75) is 6.92 Å². The number of H-pyrrole nitrogens is 2. The van der Waals surface area contributed by atoms with E-state index in [4.69, 9.17) is 11.3 Å². The van der Waals surface area contributed by atoms with Crippen LogP contribution in [0.2, 0.25) is 0 Å². The average molecular weight is 357 g/mol. The number of nitrogens with one attached hydrogen (secondary N) is 2. The first kappa shape index (κ1) is 16.6.